The van der Waals surface area contributed by atoms with E-state index in [4.69, 9.17) is 16.3 Å². The van der Waals surface area contributed by atoms with Gasteiger partial charge in [0.1, 0.15) is 0 Å². The zero-order valence-corrected chi connectivity index (χ0v) is 15.9. The molecule has 138 valence electrons. The van der Waals surface area contributed by atoms with Crippen molar-refractivity contribution in [3.05, 3.63) is 21.3 Å². The minimum absolute atomic E-state index is 0.0368. The monoisotopic (exact) mass is 407 g/mol. The number of sulfone groups is 1. The molecule has 1 saturated heterocycles. The molecule has 0 saturated carbocycles. The van der Waals surface area contributed by atoms with Gasteiger partial charge in [-0.3, -0.25) is 14.4 Å². The van der Waals surface area contributed by atoms with Gasteiger partial charge in [-0.15, -0.1) is 11.3 Å². The minimum Gasteiger partial charge on any atom is -0.453 e. The van der Waals surface area contributed by atoms with E-state index in [1.54, 1.807) is 12.1 Å². The van der Waals surface area contributed by atoms with Crippen LogP contribution in [0.25, 0.3) is 0 Å². The second kappa shape index (κ2) is 8.29. The van der Waals surface area contributed by atoms with E-state index in [0.717, 1.165) is 11.3 Å². The maximum atomic E-state index is 11.9. The Balaban J connectivity index is 1.74. The fourth-order valence-corrected chi connectivity index (χ4v) is 5.02. The van der Waals surface area contributed by atoms with Crippen molar-refractivity contribution in [3.8, 4) is 0 Å². The van der Waals surface area contributed by atoms with Crippen LogP contribution in [0.4, 0.5) is 0 Å². The Morgan fingerprint density at radius 3 is 2.64 bits per heavy atom. The molecule has 25 heavy (non-hydrogen) atoms. The number of hydrogen-bond acceptors (Lipinski definition) is 7. The van der Waals surface area contributed by atoms with Crippen molar-refractivity contribution in [2.24, 2.45) is 0 Å². The standard InChI is InChI=1S/C15H18ClNO6S2/c1-9(15(20)17-10-6-7-25(21,22)8-10)23-14(19)5-2-11(18)12-3-4-13(16)24-12/h3-4,9-10H,2,5-8H2,1H3,(H,17,20)/t9-,10-/m0/s1. The van der Waals surface area contributed by atoms with Gasteiger partial charge in [-0.25, -0.2) is 8.42 Å². The SMILES string of the molecule is C[C@H](OC(=O)CCC(=O)c1ccc(Cl)s1)C(=O)N[C@H]1CCS(=O)(=O)C1. The van der Waals surface area contributed by atoms with Crippen molar-refractivity contribution in [1.82, 2.24) is 5.32 Å². The van der Waals surface area contributed by atoms with Crippen LogP contribution in [0.2, 0.25) is 4.34 Å². The quantitative estimate of drug-likeness (QED) is 0.543. The number of ketones is 1. The number of hydrogen-bond donors (Lipinski definition) is 1. The maximum Gasteiger partial charge on any atom is 0.307 e. The first kappa shape index (κ1) is 19.9. The van der Waals surface area contributed by atoms with Gasteiger partial charge in [0.15, 0.2) is 21.7 Å². The Labute approximate surface area is 154 Å². The number of carbonyl (C=O) groups excluding carboxylic acids is 3. The molecule has 0 bridgehead atoms. The van der Waals surface area contributed by atoms with Crippen molar-refractivity contribution in [3.63, 3.8) is 0 Å². The molecule has 0 aromatic carbocycles. The van der Waals surface area contributed by atoms with E-state index in [2.05, 4.69) is 5.32 Å². The van der Waals surface area contributed by atoms with Crippen LogP contribution in [0.3, 0.4) is 0 Å². The molecular formula is C15H18ClNO6S2. The highest BCUT2D eigenvalue weighted by Crippen LogP contribution is 2.23. The Bertz CT molecular complexity index is 773. The average molecular weight is 408 g/mol. The van der Waals surface area contributed by atoms with Crippen LogP contribution in [-0.2, 0) is 24.2 Å². The molecule has 0 spiro atoms. The summed E-state index contributed by atoms with van der Waals surface area (Å²) in [5.74, 6) is -1.50. The van der Waals surface area contributed by atoms with Gasteiger partial charge in [0.05, 0.1) is 27.1 Å². The summed E-state index contributed by atoms with van der Waals surface area (Å²) in [5, 5.41) is 2.56. The lowest BCUT2D eigenvalue weighted by molar-refractivity contribution is -0.154. The van der Waals surface area contributed by atoms with Gasteiger partial charge in [0, 0.05) is 12.5 Å². The lowest BCUT2D eigenvalue weighted by atomic mass is 10.2. The number of Topliss-reactive ketones (excluding diaryl/α,β-unsaturated/α-hetero) is 1. The third-order valence-corrected chi connectivity index (χ3v) is 6.70. The van der Waals surface area contributed by atoms with Crippen molar-refractivity contribution < 1.29 is 27.5 Å². The highest BCUT2D eigenvalue weighted by Gasteiger charge is 2.30. The van der Waals surface area contributed by atoms with Gasteiger partial charge in [-0.1, -0.05) is 11.6 Å². The van der Waals surface area contributed by atoms with E-state index in [9.17, 15) is 22.8 Å². The lowest BCUT2D eigenvalue weighted by Crippen LogP contribution is -2.42. The Morgan fingerprint density at radius 1 is 1.36 bits per heavy atom. The normalized spacial score (nSPS) is 20.0. The molecule has 1 N–H and O–H groups in total. The largest absolute Gasteiger partial charge is 0.453 e. The molecule has 10 heteroatoms. The first-order chi connectivity index (χ1) is 11.7. The topological polar surface area (TPSA) is 107 Å². The number of ether oxygens (including phenoxy) is 1. The third kappa shape index (κ3) is 6.09. The second-order valence-electron chi connectivity index (χ2n) is 5.77. The fourth-order valence-electron chi connectivity index (χ4n) is 2.34. The van der Waals surface area contributed by atoms with Crippen molar-refractivity contribution in [1.29, 1.82) is 0 Å². The van der Waals surface area contributed by atoms with E-state index >= 15 is 0 Å². The molecule has 1 aliphatic rings. The van der Waals surface area contributed by atoms with Crippen LogP contribution in [0.15, 0.2) is 12.1 Å². The van der Waals surface area contributed by atoms with E-state index in [-0.39, 0.29) is 30.1 Å². The van der Waals surface area contributed by atoms with Crippen LogP contribution in [0.1, 0.15) is 35.9 Å². The van der Waals surface area contributed by atoms with Crippen molar-refractivity contribution >= 4 is 50.4 Å². The second-order valence-corrected chi connectivity index (χ2v) is 9.71. The molecule has 1 aliphatic heterocycles. The Morgan fingerprint density at radius 2 is 2.08 bits per heavy atom. The molecule has 0 aliphatic carbocycles. The molecule has 1 amide bonds. The number of carbonyl (C=O) groups is 3. The summed E-state index contributed by atoms with van der Waals surface area (Å²) in [5.41, 5.74) is 0. The van der Waals surface area contributed by atoms with E-state index < -0.39 is 33.9 Å². The summed E-state index contributed by atoms with van der Waals surface area (Å²) in [6.45, 7) is 1.40. The zero-order chi connectivity index (χ0) is 18.6. The van der Waals surface area contributed by atoms with Gasteiger partial charge in [0.25, 0.3) is 5.91 Å². The number of halogens is 1. The first-order valence-corrected chi connectivity index (χ1v) is 10.7. The number of rotatable bonds is 7. The molecule has 1 aromatic heterocycles. The molecule has 0 radical (unpaired) electrons. The number of nitrogens with one attached hydrogen (secondary N) is 1. The highest BCUT2D eigenvalue weighted by atomic mass is 35.5. The van der Waals surface area contributed by atoms with Gasteiger partial charge in [0.2, 0.25) is 0 Å². The van der Waals surface area contributed by atoms with Gasteiger partial charge in [-0.2, -0.15) is 0 Å². The lowest BCUT2D eigenvalue weighted by Gasteiger charge is -2.16. The van der Waals surface area contributed by atoms with Gasteiger partial charge >= 0.3 is 5.97 Å². The minimum atomic E-state index is -3.10. The number of esters is 1. The summed E-state index contributed by atoms with van der Waals surface area (Å²) in [6, 6.07) is 2.74. The molecular weight excluding hydrogens is 390 g/mol. The Kier molecular flexibility index (Phi) is 6.59. The summed E-state index contributed by atoms with van der Waals surface area (Å²) < 4.78 is 28.2. The maximum absolute atomic E-state index is 11.9. The summed E-state index contributed by atoms with van der Waals surface area (Å²) in [6.07, 6.45) is -0.886. The number of amides is 1. The van der Waals surface area contributed by atoms with Gasteiger partial charge in [-0.05, 0) is 25.5 Å². The first-order valence-electron chi connectivity index (χ1n) is 7.65. The van der Waals surface area contributed by atoms with E-state index in [1.165, 1.54) is 6.92 Å². The molecule has 7 nitrogen and oxygen atoms in total. The predicted molar refractivity (Wildman–Crippen MR) is 93.6 cm³/mol. The van der Waals surface area contributed by atoms with Crippen LogP contribution < -0.4 is 5.32 Å². The van der Waals surface area contributed by atoms with E-state index in [1.807, 2.05) is 0 Å². The zero-order valence-electron chi connectivity index (χ0n) is 13.5. The summed E-state index contributed by atoms with van der Waals surface area (Å²) >= 11 is 6.89. The van der Waals surface area contributed by atoms with Crippen LogP contribution in [0.5, 0.6) is 0 Å². The summed E-state index contributed by atoms with van der Waals surface area (Å²) in [4.78, 5) is 36.1. The van der Waals surface area contributed by atoms with Gasteiger partial charge < -0.3 is 10.1 Å². The third-order valence-electron chi connectivity index (χ3n) is 3.66. The molecule has 0 unspecified atom stereocenters. The molecule has 2 heterocycles. The molecule has 2 rings (SSSR count). The molecule has 2 atom stereocenters. The Hall–Kier alpha value is -1.45. The number of thiophene rings is 1. The van der Waals surface area contributed by atoms with Crippen LogP contribution in [-0.4, -0.2) is 49.7 Å². The molecule has 1 fully saturated rings. The highest BCUT2D eigenvalue weighted by molar-refractivity contribution is 7.91. The van der Waals surface area contributed by atoms with E-state index in [0.29, 0.717) is 15.6 Å². The van der Waals surface area contributed by atoms with Crippen LogP contribution >= 0.6 is 22.9 Å². The average Bonchev–Trinajstić information content (AvgIpc) is 3.10. The fraction of sp³-hybridized carbons (Fsp3) is 0.533. The smallest absolute Gasteiger partial charge is 0.307 e. The summed E-state index contributed by atoms with van der Waals surface area (Å²) in [7, 11) is -3.10. The van der Waals surface area contributed by atoms with Crippen molar-refractivity contribution in [2.75, 3.05) is 11.5 Å². The predicted octanol–water partition coefficient (Wildman–Crippen LogP) is 1.60. The molecule has 1 aromatic rings. The van der Waals surface area contributed by atoms with Crippen molar-refractivity contribution in [2.45, 2.75) is 38.3 Å². The van der Waals surface area contributed by atoms with Crippen LogP contribution in [0, 0.1) is 0 Å².